The number of ether oxygens (including phenoxy) is 2. The van der Waals surface area contributed by atoms with Crippen molar-refractivity contribution in [2.45, 2.75) is 59.3 Å². The SMILES string of the molecule is CC(C)(C)OC(=O)NC[C@@H]1CN(Cc2ccccc2)C[C@H]1CNC(=O)OC(C)(C)C. The summed E-state index contributed by atoms with van der Waals surface area (Å²) >= 11 is 0. The molecule has 1 aliphatic rings. The molecule has 1 heterocycles. The second kappa shape index (κ2) is 10.2. The van der Waals surface area contributed by atoms with E-state index in [4.69, 9.17) is 9.47 Å². The molecule has 1 saturated heterocycles. The largest absolute Gasteiger partial charge is 0.444 e. The first-order chi connectivity index (χ1) is 13.9. The van der Waals surface area contributed by atoms with Crippen molar-refractivity contribution >= 4 is 12.2 Å². The predicted octanol–water partition coefficient (Wildman–Crippen LogP) is 3.78. The number of rotatable bonds is 6. The zero-order valence-corrected chi connectivity index (χ0v) is 19.2. The van der Waals surface area contributed by atoms with Gasteiger partial charge in [-0.15, -0.1) is 0 Å². The summed E-state index contributed by atoms with van der Waals surface area (Å²) in [5.74, 6) is 0.410. The summed E-state index contributed by atoms with van der Waals surface area (Å²) in [7, 11) is 0. The highest BCUT2D eigenvalue weighted by molar-refractivity contribution is 5.68. The number of carbonyl (C=O) groups is 2. The van der Waals surface area contributed by atoms with Gasteiger partial charge in [-0.25, -0.2) is 9.59 Å². The van der Waals surface area contributed by atoms with Gasteiger partial charge in [-0.1, -0.05) is 30.3 Å². The van der Waals surface area contributed by atoms with Gasteiger partial charge in [0, 0.05) is 32.7 Å². The third-order valence-electron chi connectivity index (χ3n) is 4.72. The van der Waals surface area contributed by atoms with E-state index in [0.29, 0.717) is 13.1 Å². The quantitative estimate of drug-likeness (QED) is 0.733. The van der Waals surface area contributed by atoms with E-state index in [2.05, 4.69) is 27.7 Å². The Bertz CT molecular complexity index is 655. The van der Waals surface area contributed by atoms with Crippen LogP contribution in [0.5, 0.6) is 0 Å². The molecule has 0 bridgehead atoms. The van der Waals surface area contributed by atoms with Crippen LogP contribution >= 0.6 is 0 Å². The van der Waals surface area contributed by atoms with Gasteiger partial charge < -0.3 is 20.1 Å². The molecule has 2 N–H and O–H groups in total. The summed E-state index contributed by atoms with van der Waals surface area (Å²) in [4.78, 5) is 26.5. The normalized spacial score (nSPS) is 19.9. The molecular formula is C23H37N3O4. The summed E-state index contributed by atoms with van der Waals surface area (Å²) < 4.78 is 10.7. The van der Waals surface area contributed by atoms with E-state index in [1.807, 2.05) is 59.7 Å². The highest BCUT2D eigenvalue weighted by atomic mass is 16.6. The Kier molecular flexibility index (Phi) is 8.12. The maximum absolute atomic E-state index is 12.1. The van der Waals surface area contributed by atoms with Crippen LogP contribution < -0.4 is 10.6 Å². The molecule has 2 amide bonds. The molecule has 0 radical (unpaired) electrons. The molecule has 7 nitrogen and oxygen atoms in total. The van der Waals surface area contributed by atoms with Gasteiger partial charge in [0.2, 0.25) is 0 Å². The number of amides is 2. The fourth-order valence-electron chi connectivity index (χ4n) is 3.53. The summed E-state index contributed by atoms with van der Waals surface area (Å²) in [6.07, 6.45) is -0.828. The number of likely N-dealkylation sites (tertiary alicyclic amines) is 1. The molecule has 0 aromatic heterocycles. The zero-order chi connectivity index (χ0) is 22.4. The summed E-state index contributed by atoms with van der Waals surface area (Å²) in [6.45, 7) is 14.6. The van der Waals surface area contributed by atoms with E-state index < -0.39 is 23.4 Å². The molecule has 1 fully saturated rings. The van der Waals surface area contributed by atoms with E-state index in [1.165, 1.54) is 5.56 Å². The van der Waals surface area contributed by atoms with Crippen molar-refractivity contribution in [3.8, 4) is 0 Å². The molecule has 1 aliphatic heterocycles. The Labute approximate surface area is 180 Å². The lowest BCUT2D eigenvalue weighted by Gasteiger charge is -2.24. The third-order valence-corrected chi connectivity index (χ3v) is 4.72. The van der Waals surface area contributed by atoms with E-state index in [1.54, 1.807) is 0 Å². The van der Waals surface area contributed by atoms with Gasteiger partial charge in [0.1, 0.15) is 11.2 Å². The van der Waals surface area contributed by atoms with E-state index >= 15 is 0 Å². The van der Waals surface area contributed by atoms with Crippen LogP contribution in [0.4, 0.5) is 9.59 Å². The van der Waals surface area contributed by atoms with Gasteiger partial charge in [0.05, 0.1) is 0 Å². The van der Waals surface area contributed by atoms with Crippen molar-refractivity contribution in [1.82, 2.24) is 15.5 Å². The average molecular weight is 420 g/mol. The van der Waals surface area contributed by atoms with Crippen LogP contribution in [-0.4, -0.2) is 54.5 Å². The van der Waals surface area contributed by atoms with Crippen molar-refractivity contribution in [1.29, 1.82) is 0 Å². The molecular weight excluding hydrogens is 382 g/mol. The molecule has 0 unspecified atom stereocenters. The molecule has 7 heteroatoms. The first-order valence-corrected chi connectivity index (χ1v) is 10.6. The van der Waals surface area contributed by atoms with Gasteiger partial charge in [-0.3, -0.25) is 4.90 Å². The number of alkyl carbamates (subject to hydrolysis) is 2. The molecule has 2 rings (SSSR count). The zero-order valence-electron chi connectivity index (χ0n) is 19.2. The van der Waals surface area contributed by atoms with Crippen LogP contribution in [0.15, 0.2) is 30.3 Å². The fraction of sp³-hybridized carbons (Fsp3) is 0.652. The van der Waals surface area contributed by atoms with Crippen molar-refractivity contribution < 1.29 is 19.1 Å². The van der Waals surface area contributed by atoms with Crippen molar-refractivity contribution in [3.05, 3.63) is 35.9 Å². The molecule has 0 aliphatic carbocycles. The Morgan fingerprint density at radius 3 is 1.70 bits per heavy atom. The Balaban J connectivity index is 1.94. The second-order valence-electron chi connectivity index (χ2n) is 9.97. The standard InChI is InChI=1S/C23H37N3O4/c1-22(2,3)29-20(27)24-12-18-15-26(14-17-10-8-7-9-11-17)16-19(18)13-25-21(28)30-23(4,5)6/h7-11,18-19H,12-16H2,1-6H3,(H,24,27)(H,25,28)/t18-,19-/m1/s1. The maximum atomic E-state index is 12.1. The number of benzene rings is 1. The molecule has 0 spiro atoms. The minimum Gasteiger partial charge on any atom is -0.444 e. The topological polar surface area (TPSA) is 79.9 Å². The van der Waals surface area contributed by atoms with Gasteiger partial charge >= 0.3 is 12.2 Å². The molecule has 0 saturated carbocycles. The Morgan fingerprint density at radius 2 is 1.30 bits per heavy atom. The minimum atomic E-state index is -0.531. The van der Waals surface area contributed by atoms with Crippen LogP contribution in [0.1, 0.15) is 47.1 Å². The predicted molar refractivity (Wildman–Crippen MR) is 117 cm³/mol. The second-order valence-corrected chi connectivity index (χ2v) is 9.97. The Morgan fingerprint density at radius 1 is 0.867 bits per heavy atom. The van der Waals surface area contributed by atoms with Crippen molar-refractivity contribution in [2.75, 3.05) is 26.2 Å². The lowest BCUT2D eigenvalue weighted by atomic mass is 9.96. The third kappa shape index (κ3) is 9.03. The highest BCUT2D eigenvalue weighted by Gasteiger charge is 2.33. The lowest BCUT2D eigenvalue weighted by molar-refractivity contribution is 0.0491. The van der Waals surface area contributed by atoms with Crippen LogP contribution in [-0.2, 0) is 16.0 Å². The van der Waals surface area contributed by atoms with Crippen molar-refractivity contribution in [3.63, 3.8) is 0 Å². The van der Waals surface area contributed by atoms with Crippen LogP contribution in [0.25, 0.3) is 0 Å². The number of hydrogen-bond acceptors (Lipinski definition) is 5. The van der Waals surface area contributed by atoms with Gasteiger partial charge in [-0.05, 0) is 58.9 Å². The monoisotopic (exact) mass is 419 g/mol. The smallest absolute Gasteiger partial charge is 0.407 e. The first-order valence-electron chi connectivity index (χ1n) is 10.6. The van der Waals surface area contributed by atoms with Crippen molar-refractivity contribution in [2.24, 2.45) is 11.8 Å². The molecule has 1 aromatic rings. The van der Waals surface area contributed by atoms with Crippen LogP contribution in [0.2, 0.25) is 0 Å². The average Bonchev–Trinajstić information content (AvgIpc) is 2.98. The minimum absolute atomic E-state index is 0.205. The number of carbonyl (C=O) groups excluding carboxylic acids is 2. The van der Waals surface area contributed by atoms with Crippen LogP contribution in [0, 0.1) is 11.8 Å². The molecule has 1 aromatic carbocycles. The Hall–Kier alpha value is -2.28. The highest BCUT2D eigenvalue weighted by Crippen LogP contribution is 2.24. The summed E-state index contributed by atoms with van der Waals surface area (Å²) in [5, 5.41) is 5.78. The van der Waals surface area contributed by atoms with E-state index in [0.717, 1.165) is 19.6 Å². The van der Waals surface area contributed by atoms with E-state index in [-0.39, 0.29) is 11.8 Å². The first kappa shape index (κ1) is 24.0. The molecule has 2 atom stereocenters. The summed E-state index contributed by atoms with van der Waals surface area (Å²) in [5.41, 5.74) is 0.185. The number of nitrogens with zero attached hydrogens (tertiary/aromatic N) is 1. The van der Waals surface area contributed by atoms with Crippen LogP contribution in [0.3, 0.4) is 0 Å². The number of hydrogen-bond donors (Lipinski definition) is 2. The maximum Gasteiger partial charge on any atom is 0.407 e. The van der Waals surface area contributed by atoms with Gasteiger partial charge in [0.15, 0.2) is 0 Å². The van der Waals surface area contributed by atoms with Gasteiger partial charge in [-0.2, -0.15) is 0 Å². The molecule has 168 valence electrons. The van der Waals surface area contributed by atoms with Gasteiger partial charge in [0.25, 0.3) is 0 Å². The fourth-order valence-corrected chi connectivity index (χ4v) is 3.53. The molecule has 30 heavy (non-hydrogen) atoms. The summed E-state index contributed by atoms with van der Waals surface area (Å²) in [6, 6.07) is 10.3. The van der Waals surface area contributed by atoms with E-state index in [9.17, 15) is 9.59 Å². The number of nitrogens with one attached hydrogen (secondary N) is 2. The lowest BCUT2D eigenvalue weighted by Crippen LogP contribution is -2.40.